The van der Waals surface area contributed by atoms with Gasteiger partial charge in [-0.2, -0.15) is 0 Å². The Balaban J connectivity index is 0.00000225. The summed E-state index contributed by atoms with van der Waals surface area (Å²) < 4.78 is 0. The molecule has 2 amide bonds. The van der Waals surface area contributed by atoms with E-state index in [0.29, 0.717) is 0 Å². The van der Waals surface area contributed by atoms with Crippen molar-refractivity contribution < 1.29 is 4.79 Å². The molecule has 5 heteroatoms. The van der Waals surface area contributed by atoms with E-state index >= 15 is 0 Å². The van der Waals surface area contributed by atoms with Gasteiger partial charge in [0.05, 0.1) is 0 Å². The van der Waals surface area contributed by atoms with Crippen LogP contribution in [0.5, 0.6) is 0 Å². The fourth-order valence-corrected chi connectivity index (χ4v) is 4.29. The van der Waals surface area contributed by atoms with Gasteiger partial charge in [0, 0.05) is 18.1 Å². The average molecular weight is 366 g/mol. The van der Waals surface area contributed by atoms with Gasteiger partial charge in [0.1, 0.15) is 0 Å². The van der Waals surface area contributed by atoms with E-state index in [-0.39, 0.29) is 30.0 Å². The van der Waals surface area contributed by atoms with Crippen LogP contribution < -0.4 is 10.6 Å². The number of fused-ring (bicyclic) bond motifs is 1. The zero-order valence-corrected chi connectivity index (χ0v) is 16.3. The lowest BCUT2D eigenvalue weighted by Crippen LogP contribution is -2.56. The predicted molar refractivity (Wildman–Crippen MR) is 106 cm³/mol. The predicted octanol–water partition coefficient (Wildman–Crippen LogP) is 3.53. The van der Waals surface area contributed by atoms with Crippen LogP contribution in [0.4, 0.5) is 4.79 Å². The molecule has 0 unspecified atom stereocenters. The van der Waals surface area contributed by atoms with Crippen molar-refractivity contribution >= 4 is 18.4 Å². The molecule has 2 N–H and O–H groups in total. The minimum Gasteiger partial charge on any atom is -0.336 e. The number of nitrogens with one attached hydrogen (secondary N) is 2. The summed E-state index contributed by atoms with van der Waals surface area (Å²) >= 11 is 0. The second kappa shape index (κ2) is 8.91. The second-order valence-electron chi connectivity index (χ2n) is 7.71. The number of amides is 2. The van der Waals surface area contributed by atoms with E-state index in [1.165, 1.54) is 43.2 Å². The molecule has 1 aromatic carbocycles. The maximum Gasteiger partial charge on any atom is 0.315 e. The summed E-state index contributed by atoms with van der Waals surface area (Å²) in [7, 11) is 4.28. The maximum absolute atomic E-state index is 12.4. The summed E-state index contributed by atoms with van der Waals surface area (Å²) in [6.45, 7) is 0.745. The van der Waals surface area contributed by atoms with Crippen molar-refractivity contribution in [3.8, 4) is 0 Å². The van der Waals surface area contributed by atoms with Gasteiger partial charge in [0.25, 0.3) is 0 Å². The number of benzene rings is 1. The van der Waals surface area contributed by atoms with Crippen LogP contribution in [0.2, 0.25) is 0 Å². The summed E-state index contributed by atoms with van der Waals surface area (Å²) in [5, 5.41) is 6.34. The Bertz CT molecular complexity index is 570. The van der Waals surface area contributed by atoms with E-state index in [2.05, 4.69) is 53.9 Å². The molecule has 3 rings (SSSR count). The van der Waals surface area contributed by atoms with Crippen LogP contribution in [-0.2, 0) is 12.8 Å². The zero-order chi connectivity index (χ0) is 17.0. The highest BCUT2D eigenvalue weighted by Gasteiger charge is 2.34. The molecule has 1 saturated carbocycles. The standard InChI is InChI=1S/C20H31N3O.ClH/c1-23(2)20(12-6-3-7-13-20)15-21-19(24)22-18-11-10-16-8-4-5-9-17(16)14-18;/h4-5,8-9,18H,3,6-7,10-15H2,1-2H3,(H2,21,22,24);1H/t18-;/m1./s1. The van der Waals surface area contributed by atoms with Crippen LogP contribution in [0.15, 0.2) is 24.3 Å². The van der Waals surface area contributed by atoms with E-state index in [1.807, 2.05) is 0 Å². The molecule has 0 aromatic heterocycles. The Morgan fingerprint density at radius 2 is 1.84 bits per heavy atom. The van der Waals surface area contributed by atoms with Gasteiger partial charge >= 0.3 is 6.03 Å². The third-order valence-electron chi connectivity index (χ3n) is 5.99. The highest BCUT2D eigenvalue weighted by atomic mass is 35.5. The highest BCUT2D eigenvalue weighted by molar-refractivity contribution is 5.85. The Kier molecular flexibility index (Phi) is 7.14. The topological polar surface area (TPSA) is 44.4 Å². The van der Waals surface area contributed by atoms with E-state index in [9.17, 15) is 4.79 Å². The number of carbonyl (C=O) groups excluding carboxylic acids is 1. The molecule has 2 aliphatic carbocycles. The molecule has 0 heterocycles. The lowest BCUT2D eigenvalue weighted by atomic mass is 9.80. The zero-order valence-electron chi connectivity index (χ0n) is 15.5. The van der Waals surface area contributed by atoms with Gasteiger partial charge in [0.2, 0.25) is 0 Å². The summed E-state index contributed by atoms with van der Waals surface area (Å²) in [5.74, 6) is 0. The SMILES string of the molecule is CN(C)C1(CNC(=O)N[C@@H]2CCc3ccccc3C2)CCCCC1.Cl. The molecule has 0 spiro atoms. The summed E-state index contributed by atoms with van der Waals surface area (Å²) in [6.07, 6.45) is 9.24. The number of hydrogen-bond donors (Lipinski definition) is 2. The molecule has 0 aliphatic heterocycles. The van der Waals surface area contributed by atoms with E-state index in [1.54, 1.807) is 0 Å². The molecule has 1 aromatic rings. The second-order valence-corrected chi connectivity index (χ2v) is 7.71. The van der Waals surface area contributed by atoms with Crippen molar-refractivity contribution in [2.24, 2.45) is 0 Å². The molecule has 4 nitrogen and oxygen atoms in total. The Labute approximate surface area is 158 Å². The largest absolute Gasteiger partial charge is 0.336 e. The molecular weight excluding hydrogens is 334 g/mol. The van der Waals surface area contributed by atoms with Crippen molar-refractivity contribution in [2.45, 2.75) is 62.9 Å². The first kappa shape index (κ1) is 20.1. The molecule has 25 heavy (non-hydrogen) atoms. The maximum atomic E-state index is 12.4. The van der Waals surface area contributed by atoms with E-state index in [0.717, 1.165) is 25.8 Å². The number of aryl methyl sites for hydroxylation is 1. The smallest absolute Gasteiger partial charge is 0.315 e. The van der Waals surface area contributed by atoms with E-state index in [4.69, 9.17) is 0 Å². The van der Waals surface area contributed by atoms with Gasteiger partial charge in [-0.05, 0) is 57.3 Å². The van der Waals surface area contributed by atoms with Crippen LogP contribution in [0, 0.1) is 0 Å². The van der Waals surface area contributed by atoms with E-state index < -0.39 is 0 Å². The first-order chi connectivity index (χ1) is 11.6. The van der Waals surface area contributed by atoms with Crippen LogP contribution in [0.25, 0.3) is 0 Å². The molecule has 2 aliphatic rings. The van der Waals surface area contributed by atoms with Crippen LogP contribution in [0.3, 0.4) is 0 Å². The lowest BCUT2D eigenvalue weighted by Gasteiger charge is -2.43. The quantitative estimate of drug-likeness (QED) is 0.857. The van der Waals surface area contributed by atoms with Crippen LogP contribution in [0.1, 0.15) is 49.7 Å². The van der Waals surface area contributed by atoms with Gasteiger partial charge in [-0.25, -0.2) is 4.79 Å². The summed E-state index contributed by atoms with van der Waals surface area (Å²) in [5.41, 5.74) is 2.95. The Morgan fingerprint density at radius 3 is 2.52 bits per heavy atom. The summed E-state index contributed by atoms with van der Waals surface area (Å²) in [4.78, 5) is 14.7. The number of rotatable bonds is 4. The average Bonchev–Trinajstić information content (AvgIpc) is 2.60. The lowest BCUT2D eigenvalue weighted by molar-refractivity contribution is 0.100. The minimum absolute atomic E-state index is 0. The Morgan fingerprint density at radius 1 is 1.16 bits per heavy atom. The van der Waals surface area contributed by atoms with Gasteiger partial charge in [-0.1, -0.05) is 43.5 Å². The fraction of sp³-hybridized carbons (Fsp3) is 0.650. The third-order valence-corrected chi connectivity index (χ3v) is 5.99. The van der Waals surface area contributed by atoms with Crippen LogP contribution >= 0.6 is 12.4 Å². The first-order valence-corrected chi connectivity index (χ1v) is 9.38. The van der Waals surface area contributed by atoms with Crippen molar-refractivity contribution in [3.05, 3.63) is 35.4 Å². The van der Waals surface area contributed by atoms with Crippen LogP contribution in [-0.4, -0.2) is 43.2 Å². The summed E-state index contributed by atoms with van der Waals surface area (Å²) in [6, 6.07) is 8.82. The van der Waals surface area contributed by atoms with Gasteiger partial charge in [0.15, 0.2) is 0 Å². The van der Waals surface area contributed by atoms with Gasteiger partial charge in [-0.15, -0.1) is 12.4 Å². The molecule has 0 saturated heterocycles. The number of likely N-dealkylation sites (N-methyl/N-ethyl adjacent to an activating group) is 1. The molecule has 1 fully saturated rings. The molecule has 0 radical (unpaired) electrons. The minimum atomic E-state index is -0.00817. The molecule has 1 atom stereocenters. The van der Waals surface area contributed by atoms with Gasteiger partial charge in [-0.3, -0.25) is 0 Å². The number of carbonyl (C=O) groups is 1. The number of hydrogen-bond acceptors (Lipinski definition) is 2. The third kappa shape index (κ3) is 4.89. The number of nitrogens with zero attached hydrogens (tertiary/aromatic N) is 1. The normalized spacial score (nSPS) is 21.8. The molecule has 0 bridgehead atoms. The van der Waals surface area contributed by atoms with Crippen molar-refractivity contribution in [1.82, 2.24) is 15.5 Å². The van der Waals surface area contributed by atoms with Crippen molar-refractivity contribution in [2.75, 3.05) is 20.6 Å². The Hall–Kier alpha value is -1.26. The first-order valence-electron chi connectivity index (χ1n) is 9.38. The monoisotopic (exact) mass is 365 g/mol. The molecule has 140 valence electrons. The highest BCUT2D eigenvalue weighted by Crippen LogP contribution is 2.31. The van der Waals surface area contributed by atoms with Crippen molar-refractivity contribution in [1.29, 1.82) is 0 Å². The number of halogens is 1. The number of urea groups is 1. The fourth-order valence-electron chi connectivity index (χ4n) is 4.29. The molecular formula is C20H32ClN3O. The van der Waals surface area contributed by atoms with Crippen molar-refractivity contribution in [3.63, 3.8) is 0 Å². The van der Waals surface area contributed by atoms with Gasteiger partial charge < -0.3 is 15.5 Å².